The SMILES string of the molecule is CC(Oc1cccc(F)c1)C(=O)NNC(=O)c1ccc[nH]1. The lowest BCUT2D eigenvalue weighted by atomic mass is 10.3. The molecule has 0 aliphatic rings. The quantitative estimate of drug-likeness (QED) is 0.744. The normalized spacial score (nSPS) is 11.5. The molecule has 7 heteroatoms. The number of H-pyrrole nitrogens is 1. The van der Waals surface area contributed by atoms with Gasteiger partial charge in [0.15, 0.2) is 6.10 Å². The highest BCUT2D eigenvalue weighted by Gasteiger charge is 2.16. The van der Waals surface area contributed by atoms with Gasteiger partial charge in [-0.15, -0.1) is 0 Å². The summed E-state index contributed by atoms with van der Waals surface area (Å²) in [7, 11) is 0. The van der Waals surface area contributed by atoms with E-state index >= 15 is 0 Å². The van der Waals surface area contributed by atoms with Crippen LogP contribution in [-0.4, -0.2) is 22.9 Å². The van der Waals surface area contributed by atoms with E-state index in [0.717, 1.165) is 0 Å². The van der Waals surface area contributed by atoms with E-state index in [1.165, 1.54) is 31.2 Å². The molecule has 2 amide bonds. The van der Waals surface area contributed by atoms with E-state index < -0.39 is 23.7 Å². The number of carbonyl (C=O) groups excluding carboxylic acids is 2. The van der Waals surface area contributed by atoms with Crippen LogP contribution in [0.5, 0.6) is 5.75 Å². The summed E-state index contributed by atoms with van der Waals surface area (Å²) in [5, 5.41) is 0. The third kappa shape index (κ3) is 4.07. The van der Waals surface area contributed by atoms with Gasteiger partial charge < -0.3 is 9.72 Å². The predicted molar refractivity (Wildman–Crippen MR) is 72.9 cm³/mol. The summed E-state index contributed by atoms with van der Waals surface area (Å²) in [6, 6.07) is 8.67. The standard InChI is InChI=1S/C14H14FN3O3/c1-9(21-11-5-2-4-10(15)8-11)13(19)17-18-14(20)12-6-3-7-16-12/h2-9,16H,1H3,(H,17,19)(H,18,20). The number of amides is 2. The Labute approximate surface area is 120 Å². The van der Waals surface area contributed by atoms with Crippen LogP contribution in [0.2, 0.25) is 0 Å². The highest BCUT2D eigenvalue weighted by atomic mass is 19.1. The van der Waals surface area contributed by atoms with Gasteiger partial charge in [0.05, 0.1) is 0 Å². The molecule has 0 fully saturated rings. The number of ether oxygens (including phenoxy) is 1. The second kappa shape index (κ2) is 6.56. The van der Waals surface area contributed by atoms with Crippen LogP contribution in [0.3, 0.4) is 0 Å². The van der Waals surface area contributed by atoms with Crippen LogP contribution < -0.4 is 15.6 Å². The molecular formula is C14H14FN3O3. The summed E-state index contributed by atoms with van der Waals surface area (Å²) in [6.45, 7) is 1.49. The van der Waals surface area contributed by atoms with Crippen LogP contribution in [0.4, 0.5) is 4.39 Å². The molecule has 6 nitrogen and oxygen atoms in total. The Hall–Kier alpha value is -2.83. The maximum Gasteiger partial charge on any atom is 0.286 e. The van der Waals surface area contributed by atoms with Crippen LogP contribution in [0.1, 0.15) is 17.4 Å². The molecule has 1 aromatic heterocycles. The minimum absolute atomic E-state index is 0.230. The van der Waals surface area contributed by atoms with Crippen LogP contribution in [0.15, 0.2) is 42.6 Å². The molecule has 0 spiro atoms. The fraction of sp³-hybridized carbons (Fsp3) is 0.143. The van der Waals surface area contributed by atoms with E-state index in [-0.39, 0.29) is 5.75 Å². The van der Waals surface area contributed by atoms with Gasteiger partial charge in [0.2, 0.25) is 0 Å². The third-order valence-corrected chi connectivity index (χ3v) is 2.62. The molecular weight excluding hydrogens is 277 g/mol. The highest BCUT2D eigenvalue weighted by Crippen LogP contribution is 2.13. The number of aromatic nitrogens is 1. The van der Waals surface area contributed by atoms with Crippen molar-refractivity contribution in [1.82, 2.24) is 15.8 Å². The van der Waals surface area contributed by atoms with E-state index in [0.29, 0.717) is 5.69 Å². The molecule has 0 aliphatic carbocycles. The summed E-state index contributed by atoms with van der Waals surface area (Å²) < 4.78 is 18.3. The topological polar surface area (TPSA) is 83.2 Å². The molecule has 3 N–H and O–H groups in total. The molecule has 0 aliphatic heterocycles. The maximum absolute atomic E-state index is 13.0. The lowest BCUT2D eigenvalue weighted by Gasteiger charge is -2.14. The molecule has 0 saturated carbocycles. The Kier molecular flexibility index (Phi) is 4.55. The number of rotatable bonds is 4. The first-order chi connectivity index (χ1) is 10.1. The molecule has 1 atom stereocenters. The van der Waals surface area contributed by atoms with Gasteiger partial charge in [-0.05, 0) is 31.2 Å². The number of hydrazine groups is 1. The number of benzene rings is 1. The molecule has 1 unspecified atom stereocenters. The van der Waals surface area contributed by atoms with Gasteiger partial charge in [-0.1, -0.05) is 6.07 Å². The Bertz CT molecular complexity index is 628. The zero-order valence-corrected chi connectivity index (χ0v) is 11.2. The average Bonchev–Trinajstić information content (AvgIpc) is 2.98. The largest absolute Gasteiger partial charge is 0.481 e. The van der Waals surface area contributed by atoms with E-state index in [4.69, 9.17) is 4.74 Å². The van der Waals surface area contributed by atoms with E-state index in [1.54, 1.807) is 18.3 Å². The smallest absolute Gasteiger partial charge is 0.286 e. The van der Waals surface area contributed by atoms with Crippen LogP contribution in [0.25, 0.3) is 0 Å². The maximum atomic E-state index is 13.0. The predicted octanol–water partition coefficient (Wildman–Crippen LogP) is 1.38. The molecule has 0 bridgehead atoms. The molecule has 2 rings (SSSR count). The van der Waals surface area contributed by atoms with Gasteiger partial charge in [-0.3, -0.25) is 20.4 Å². The van der Waals surface area contributed by atoms with Gasteiger partial charge in [0, 0.05) is 12.3 Å². The molecule has 1 aromatic carbocycles. The number of aromatic amines is 1. The highest BCUT2D eigenvalue weighted by molar-refractivity contribution is 5.94. The molecule has 21 heavy (non-hydrogen) atoms. The van der Waals surface area contributed by atoms with Gasteiger partial charge in [-0.2, -0.15) is 0 Å². The van der Waals surface area contributed by atoms with Crippen LogP contribution in [-0.2, 0) is 4.79 Å². The first-order valence-electron chi connectivity index (χ1n) is 6.22. The Morgan fingerprint density at radius 1 is 1.24 bits per heavy atom. The number of halogens is 1. The summed E-state index contributed by atoms with van der Waals surface area (Å²) in [4.78, 5) is 26.0. The van der Waals surface area contributed by atoms with E-state index in [9.17, 15) is 14.0 Å². The molecule has 0 radical (unpaired) electrons. The van der Waals surface area contributed by atoms with Crippen molar-refractivity contribution in [2.75, 3.05) is 0 Å². The van der Waals surface area contributed by atoms with Crippen molar-refractivity contribution in [3.05, 3.63) is 54.1 Å². The number of hydrogen-bond donors (Lipinski definition) is 3. The van der Waals surface area contributed by atoms with Gasteiger partial charge >= 0.3 is 0 Å². The first-order valence-corrected chi connectivity index (χ1v) is 6.22. The minimum Gasteiger partial charge on any atom is -0.481 e. The lowest BCUT2D eigenvalue weighted by molar-refractivity contribution is -0.128. The summed E-state index contributed by atoms with van der Waals surface area (Å²) in [5.74, 6) is -1.26. The van der Waals surface area contributed by atoms with Crippen LogP contribution >= 0.6 is 0 Å². The Balaban J connectivity index is 1.84. The van der Waals surface area contributed by atoms with Gasteiger partial charge in [-0.25, -0.2) is 4.39 Å². The fourth-order valence-corrected chi connectivity index (χ4v) is 1.56. The van der Waals surface area contributed by atoms with Gasteiger partial charge in [0.1, 0.15) is 17.3 Å². The van der Waals surface area contributed by atoms with E-state index in [1.807, 2.05) is 0 Å². The zero-order chi connectivity index (χ0) is 15.2. The van der Waals surface area contributed by atoms with Crippen LogP contribution in [0, 0.1) is 5.82 Å². The average molecular weight is 291 g/mol. The summed E-state index contributed by atoms with van der Waals surface area (Å²) >= 11 is 0. The van der Waals surface area contributed by atoms with Gasteiger partial charge in [0.25, 0.3) is 11.8 Å². The van der Waals surface area contributed by atoms with Crippen molar-refractivity contribution in [3.8, 4) is 5.75 Å². The molecule has 110 valence electrons. The van der Waals surface area contributed by atoms with Crippen molar-refractivity contribution < 1.29 is 18.7 Å². The van der Waals surface area contributed by atoms with E-state index in [2.05, 4.69) is 15.8 Å². The fourth-order valence-electron chi connectivity index (χ4n) is 1.56. The van der Waals surface area contributed by atoms with Crippen molar-refractivity contribution in [2.45, 2.75) is 13.0 Å². The van der Waals surface area contributed by atoms with Crippen molar-refractivity contribution in [1.29, 1.82) is 0 Å². The molecule has 0 saturated heterocycles. The Morgan fingerprint density at radius 2 is 2.05 bits per heavy atom. The first kappa shape index (κ1) is 14.6. The number of hydrogen-bond acceptors (Lipinski definition) is 3. The zero-order valence-electron chi connectivity index (χ0n) is 11.2. The summed E-state index contributed by atoms with van der Waals surface area (Å²) in [6.07, 6.45) is 0.697. The van der Waals surface area contributed by atoms with Crippen molar-refractivity contribution in [2.24, 2.45) is 0 Å². The summed E-state index contributed by atoms with van der Waals surface area (Å²) in [5.41, 5.74) is 4.78. The minimum atomic E-state index is -0.893. The molecule has 1 heterocycles. The second-order valence-electron chi connectivity index (χ2n) is 4.24. The number of nitrogens with one attached hydrogen (secondary N) is 3. The third-order valence-electron chi connectivity index (χ3n) is 2.62. The monoisotopic (exact) mass is 291 g/mol. The Morgan fingerprint density at radius 3 is 2.71 bits per heavy atom. The van der Waals surface area contributed by atoms with Crippen molar-refractivity contribution >= 4 is 11.8 Å². The molecule has 2 aromatic rings. The second-order valence-corrected chi connectivity index (χ2v) is 4.24. The lowest BCUT2D eigenvalue weighted by Crippen LogP contribution is -2.47. The number of carbonyl (C=O) groups is 2. The van der Waals surface area contributed by atoms with Crippen molar-refractivity contribution in [3.63, 3.8) is 0 Å².